The van der Waals surface area contributed by atoms with Gasteiger partial charge in [-0.1, -0.05) is 6.07 Å². The molecule has 1 rings (SSSR count). The van der Waals surface area contributed by atoms with Crippen LogP contribution in [0.3, 0.4) is 0 Å². The molecule has 19 heavy (non-hydrogen) atoms. The van der Waals surface area contributed by atoms with Crippen molar-refractivity contribution in [2.75, 3.05) is 0 Å². The van der Waals surface area contributed by atoms with E-state index in [1.165, 1.54) is 6.07 Å². The molecule has 0 aliphatic carbocycles. The number of nitrogens with one attached hydrogen (secondary N) is 1. The van der Waals surface area contributed by atoms with Gasteiger partial charge in [-0.25, -0.2) is 4.79 Å². The van der Waals surface area contributed by atoms with Crippen LogP contribution in [-0.4, -0.2) is 27.9 Å². The number of nitro groups is 1. The van der Waals surface area contributed by atoms with Crippen molar-refractivity contribution in [2.24, 2.45) is 0 Å². The quantitative estimate of drug-likeness (QED) is 0.609. The molecule has 0 fully saturated rings. The number of hydrogen-bond donors (Lipinski definition) is 2. The number of nitro benzene ring substituents is 1. The summed E-state index contributed by atoms with van der Waals surface area (Å²) < 4.78 is 13.1. The highest BCUT2D eigenvalue weighted by molar-refractivity contribution is 5.82. The molecular formula is C11H11FN2O5. The number of amides is 1. The predicted octanol–water partition coefficient (Wildman–Crippen LogP) is 0.866. The van der Waals surface area contributed by atoms with Gasteiger partial charge in [0.15, 0.2) is 0 Å². The standard InChI is InChI=1S/C11H11FN2O5/c1-6(15)13-9(11(16)17)4-7-2-3-8(12)10(5-7)14(18)19/h2-3,5,9H,4H2,1H3,(H,13,15)(H,16,17)/t9-/m1/s1. The molecule has 0 unspecified atom stereocenters. The highest BCUT2D eigenvalue weighted by Gasteiger charge is 2.21. The van der Waals surface area contributed by atoms with E-state index in [0.717, 1.165) is 19.1 Å². The third-order valence-electron chi connectivity index (χ3n) is 2.32. The van der Waals surface area contributed by atoms with E-state index in [9.17, 15) is 24.1 Å². The lowest BCUT2D eigenvalue weighted by atomic mass is 10.1. The molecule has 0 aliphatic heterocycles. The van der Waals surface area contributed by atoms with E-state index in [0.29, 0.717) is 0 Å². The first-order valence-corrected chi connectivity index (χ1v) is 5.24. The number of carboxylic acid groups (broad SMARTS) is 1. The van der Waals surface area contributed by atoms with Crippen molar-refractivity contribution in [2.45, 2.75) is 19.4 Å². The molecule has 0 bridgehead atoms. The second-order valence-corrected chi connectivity index (χ2v) is 3.84. The molecule has 0 radical (unpaired) electrons. The van der Waals surface area contributed by atoms with Crippen molar-refractivity contribution in [3.63, 3.8) is 0 Å². The van der Waals surface area contributed by atoms with Crippen LogP contribution in [0.4, 0.5) is 10.1 Å². The molecule has 1 atom stereocenters. The maximum atomic E-state index is 13.1. The highest BCUT2D eigenvalue weighted by atomic mass is 19.1. The molecule has 0 aromatic heterocycles. The third kappa shape index (κ3) is 4.02. The largest absolute Gasteiger partial charge is 0.480 e. The summed E-state index contributed by atoms with van der Waals surface area (Å²) in [5.41, 5.74) is -0.487. The van der Waals surface area contributed by atoms with Gasteiger partial charge < -0.3 is 10.4 Å². The Kier molecular flexibility index (Phi) is 4.51. The lowest BCUT2D eigenvalue weighted by Crippen LogP contribution is -2.41. The van der Waals surface area contributed by atoms with Gasteiger partial charge in [0.2, 0.25) is 11.7 Å². The molecule has 0 saturated heterocycles. The number of benzene rings is 1. The maximum Gasteiger partial charge on any atom is 0.326 e. The second kappa shape index (κ2) is 5.89. The van der Waals surface area contributed by atoms with E-state index in [1.54, 1.807) is 0 Å². The van der Waals surface area contributed by atoms with Gasteiger partial charge in [-0.15, -0.1) is 0 Å². The summed E-state index contributed by atoms with van der Waals surface area (Å²) in [6.45, 7) is 1.16. The Morgan fingerprint density at radius 1 is 1.53 bits per heavy atom. The van der Waals surface area contributed by atoms with Crippen LogP contribution in [0, 0.1) is 15.9 Å². The third-order valence-corrected chi connectivity index (χ3v) is 2.32. The fourth-order valence-corrected chi connectivity index (χ4v) is 1.51. The zero-order chi connectivity index (χ0) is 14.6. The summed E-state index contributed by atoms with van der Waals surface area (Å²) in [4.78, 5) is 31.4. The number of hydrogen-bond acceptors (Lipinski definition) is 4. The Morgan fingerprint density at radius 3 is 2.63 bits per heavy atom. The summed E-state index contributed by atoms with van der Waals surface area (Å²) in [5, 5.41) is 21.6. The first kappa shape index (κ1) is 14.6. The van der Waals surface area contributed by atoms with Crippen molar-refractivity contribution in [1.82, 2.24) is 5.32 Å². The molecule has 7 nitrogen and oxygen atoms in total. The highest BCUT2D eigenvalue weighted by Crippen LogP contribution is 2.19. The topological polar surface area (TPSA) is 110 Å². The summed E-state index contributed by atoms with van der Waals surface area (Å²) in [6, 6.07) is 1.86. The first-order valence-electron chi connectivity index (χ1n) is 5.24. The Labute approximate surface area is 107 Å². The summed E-state index contributed by atoms with van der Waals surface area (Å²) in [7, 11) is 0. The average molecular weight is 270 g/mol. The van der Waals surface area contributed by atoms with Crippen LogP contribution in [0.2, 0.25) is 0 Å². The average Bonchev–Trinajstić information content (AvgIpc) is 2.29. The van der Waals surface area contributed by atoms with Gasteiger partial charge in [-0.05, 0) is 11.6 Å². The van der Waals surface area contributed by atoms with Gasteiger partial charge in [-0.2, -0.15) is 4.39 Å². The van der Waals surface area contributed by atoms with Crippen molar-refractivity contribution in [1.29, 1.82) is 0 Å². The van der Waals surface area contributed by atoms with Gasteiger partial charge in [0.25, 0.3) is 0 Å². The van der Waals surface area contributed by atoms with Crippen LogP contribution in [0.5, 0.6) is 0 Å². The number of halogens is 1. The monoisotopic (exact) mass is 270 g/mol. The Hall–Kier alpha value is -2.51. The lowest BCUT2D eigenvalue weighted by molar-refractivity contribution is -0.387. The molecule has 0 heterocycles. The zero-order valence-electron chi connectivity index (χ0n) is 9.92. The summed E-state index contributed by atoms with van der Waals surface area (Å²) in [6.07, 6.45) is -0.171. The summed E-state index contributed by atoms with van der Waals surface area (Å²) >= 11 is 0. The van der Waals surface area contributed by atoms with Gasteiger partial charge in [0.05, 0.1) is 4.92 Å². The lowest BCUT2D eigenvalue weighted by Gasteiger charge is -2.13. The van der Waals surface area contributed by atoms with Gasteiger partial charge in [-0.3, -0.25) is 14.9 Å². The molecular weight excluding hydrogens is 259 g/mol. The molecule has 0 aliphatic rings. The van der Waals surface area contributed by atoms with Crippen molar-refractivity contribution in [3.8, 4) is 0 Å². The number of carbonyl (C=O) groups excluding carboxylic acids is 1. The van der Waals surface area contributed by atoms with E-state index in [1.807, 2.05) is 0 Å². The van der Waals surface area contributed by atoms with Crippen LogP contribution >= 0.6 is 0 Å². The summed E-state index contributed by atoms with van der Waals surface area (Å²) in [5.74, 6) is -2.81. The van der Waals surface area contributed by atoms with Gasteiger partial charge >= 0.3 is 11.7 Å². The predicted molar refractivity (Wildman–Crippen MR) is 62.0 cm³/mol. The maximum absolute atomic E-state index is 13.1. The van der Waals surface area contributed by atoms with Gasteiger partial charge in [0.1, 0.15) is 6.04 Å². The van der Waals surface area contributed by atoms with Crippen LogP contribution in [-0.2, 0) is 16.0 Å². The molecule has 0 spiro atoms. The molecule has 1 aromatic carbocycles. The number of carboxylic acids is 1. The van der Waals surface area contributed by atoms with Crippen LogP contribution in [0.15, 0.2) is 18.2 Å². The first-order chi connectivity index (χ1) is 8.81. The minimum Gasteiger partial charge on any atom is -0.480 e. The zero-order valence-corrected chi connectivity index (χ0v) is 9.92. The van der Waals surface area contributed by atoms with Crippen molar-refractivity contribution < 1.29 is 24.0 Å². The fourth-order valence-electron chi connectivity index (χ4n) is 1.51. The van der Waals surface area contributed by atoms with Crippen LogP contribution in [0.25, 0.3) is 0 Å². The Balaban J connectivity index is 2.97. The molecule has 102 valence electrons. The molecule has 0 saturated carbocycles. The minimum atomic E-state index is -1.28. The van der Waals surface area contributed by atoms with E-state index >= 15 is 0 Å². The Morgan fingerprint density at radius 2 is 2.16 bits per heavy atom. The van der Waals surface area contributed by atoms with Crippen LogP contribution < -0.4 is 5.32 Å². The second-order valence-electron chi connectivity index (χ2n) is 3.84. The number of rotatable bonds is 5. The van der Waals surface area contributed by atoms with Crippen molar-refractivity contribution >= 4 is 17.6 Å². The molecule has 2 N–H and O–H groups in total. The molecule has 1 aromatic rings. The van der Waals surface area contributed by atoms with Crippen molar-refractivity contribution in [3.05, 3.63) is 39.7 Å². The number of carbonyl (C=O) groups is 2. The van der Waals surface area contributed by atoms with E-state index in [4.69, 9.17) is 5.11 Å². The van der Waals surface area contributed by atoms with Gasteiger partial charge in [0, 0.05) is 19.4 Å². The smallest absolute Gasteiger partial charge is 0.326 e. The van der Waals surface area contributed by atoms with Crippen LogP contribution in [0.1, 0.15) is 12.5 Å². The van der Waals surface area contributed by atoms with E-state index in [2.05, 4.69) is 5.32 Å². The normalized spacial score (nSPS) is 11.7. The SMILES string of the molecule is CC(=O)N[C@H](Cc1ccc(F)c([N+](=O)[O-])c1)C(=O)O. The van der Waals surface area contributed by atoms with E-state index < -0.39 is 34.3 Å². The van der Waals surface area contributed by atoms with E-state index in [-0.39, 0.29) is 12.0 Å². The Bertz CT molecular complexity index is 532. The molecule has 8 heteroatoms. The number of aliphatic carboxylic acids is 1. The fraction of sp³-hybridized carbons (Fsp3) is 0.273. The number of nitrogens with zero attached hydrogens (tertiary/aromatic N) is 1. The molecule has 1 amide bonds. The minimum absolute atomic E-state index is 0.171.